The Morgan fingerprint density at radius 3 is 1.94 bits per heavy atom. The van der Waals surface area contributed by atoms with Crippen molar-refractivity contribution in [3.05, 3.63) is 23.4 Å². The molecule has 2 N–H and O–H groups in total. The summed E-state index contributed by atoms with van der Waals surface area (Å²) in [4.78, 5) is 2.99. The summed E-state index contributed by atoms with van der Waals surface area (Å²) in [6, 6.07) is 0.377. The molecule has 1 heterocycles. The van der Waals surface area contributed by atoms with E-state index >= 15 is 0 Å². The van der Waals surface area contributed by atoms with Crippen LogP contribution in [0.25, 0.3) is 0 Å². The second-order valence-corrected chi connectivity index (χ2v) is 3.21. The van der Waals surface area contributed by atoms with Crippen LogP contribution in [0.5, 0.6) is 0 Å². The molecule has 1 aromatic rings. The fraction of sp³-hybridized carbons (Fsp3) is 0.375. The first-order valence-corrected chi connectivity index (χ1v) is 4.16. The summed E-state index contributed by atoms with van der Waals surface area (Å²) in [5.74, 6) is 4.46. The molecular formula is C8H7F6N3. The Morgan fingerprint density at radius 1 is 1.06 bits per heavy atom. The van der Waals surface area contributed by atoms with Crippen molar-refractivity contribution in [2.24, 2.45) is 5.84 Å². The summed E-state index contributed by atoms with van der Waals surface area (Å²) < 4.78 is 74.0. The standard InChI is InChI=1S/C8H7F6N3/c1-17(15)6-3-4(7(9,10)11)2-5(16-6)8(12,13)14/h2-3H,15H2,1H3. The van der Waals surface area contributed by atoms with Crippen molar-refractivity contribution in [3.8, 4) is 0 Å². The van der Waals surface area contributed by atoms with E-state index in [-0.39, 0.29) is 6.07 Å². The molecule has 0 aliphatic carbocycles. The maximum atomic E-state index is 12.3. The van der Waals surface area contributed by atoms with Crippen LogP contribution in [-0.2, 0) is 12.4 Å². The van der Waals surface area contributed by atoms with Crippen molar-refractivity contribution >= 4 is 5.82 Å². The number of hydrogen-bond donors (Lipinski definition) is 1. The molecule has 0 unspecified atom stereocenters. The minimum Gasteiger partial charge on any atom is -0.298 e. The number of hydrogen-bond acceptors (Lipinski definition) is 3. The van der Waals surface area contributed by atoms with Gasteiger partial charge in [0.25, 0.3) is 0 Å². The molecule has 0 atom stereocenters. The van der Waals surface area contributed by atoms with Crippen molar-refractivity contribution in [2.75, 3.05) is 12.1 Å². The first-order chi connectivity index (χ1) is 7.51. The van der Waals surface area contributed by atoms with E-state index in [2.05, 4.69) is 4.98 Å². The van der Waals surface area contributed by atoms with E-state index in [1.807, 2.05) is 0 Å². The predicted octanol–water partition coefficient (Wildman–Crippen LogP) is 2.43. The van der Waals surface area contributed by atoms with Gasteiger partial charge in [0.2, 0.25) is 0 Å². The Balaban J connectivity index is 3.40. The van der Waals surface area contributed by atoms with Crippen LogP contribution in [0.15, 0.2) is 12.1 Å². The van der Waals surface area contributed by atoms with Crippen LogP contribution < -0.4 is 10.9 Å². The summed E-state index contributed by atoms with van der Waals surface area (Å²) in [6.45, 7) is 0. The van der Waals surface area contributed by atoms with E-state index in [1.165, 1.54) is 0 Å². The minimum absolute atomic E-state index is 0.0625. The molecular weight excluding hydrogens is 252 g/mol. The molecule has 0 aliphatic rings. The Hall–Kier alpha value is -1.51. The molecule has 1 aromatic heterocycles. The van der Waals surface area contributed by atoms with E-state index in [0.29, 0.717) is 11.1 Å². The normalized spacial score (nSPS) is 12.7. The number of anilines is 1. The fourth-order valence-corrected chi connectivity index (χ4v) is 1.01. The number of nitrogens with two attached hydrogens (primary N) is 1. The van der Waals surface area contributed by atoms with Gasteiger partial charge in [-0.25, -0.2) is 10.8 Å². The SMILES string of the molecule is CN(N)c1cc(C(F)(F)F)cc(C(F)(F)F)n1. The van der Waals surface area contributed by atoms with E-state index < -0.39 is 29.4 Å². The molecule has 0 aliphatic heterocycles. The molecule has 0 amide bonds. The molecule has 1 rings (SSSR count). The Labute approximate surface area is 91.8 Å². The summed E-state index contributed by atoms with van der Waals surface area (Å²) >= 11 is 0. The molecule has 0 bridgehead atoms. The first-order valence-electron chi connectivity index (χ1n) is 4.16. The number of aromatic nitrogens is 1. The molecule has 17 heavy (non-hydrogen) atoms. The minimum atomic E-state index is -4.97. The largest absolute Gasteiger partial charge is 0.433 e. The van der Waals surface area contributed by atoms with Crippen molar-refractivity contribution in [1.82, 2.24) is 4.98 Å². The molecule has 0 spiro atoms. The van der Waals surface area contributed by atoms with E-state index in [9.17, 15) is 26.3 Å². The maximum Gasteiger partial charge on any atom is 0.433 e. The van der Waals surface area contributed by atoms with Crippen molar-refractivity contribution in [3.63, 3.8) is 0 Å². The third kappa shape index (κ3) is 3.22. The Kier molecular flexibility index (Phi) is 3.24. The van der Waals surface area contributed by atoms with Crippen LogP contribution in [0.4, 0.5) is 32.2 Å². The zero-order chi connectivity index (χ0) is 13.4. The zero-order valence-corrected chi connectivity index (χ0v) is 8.39. The quantitative estimate of drug-likeness (QED) is 0.478. The van der Waals surface area contributed by atoms with Gasteiger partial charge in [-0.2, -0.15) is 26.3 Å². The van der Waals surface area contributed by atoms with Crippen molar-refractivity contribution in [2.45, 2.75) is 12.4 Å². The molecule has 3 nitrogen and oxygen atoms in total. The van der Waals surface area contributed by atoms with E-state index in [4.69, 9.17) is 5.84 Å². The smallest absolute Gasteiger partial charge is 0.298 e. The third-order valence-corrected chi connectivity index (χ3v) is 1.79. The van der Waals surface area contributed by atoms with Gasteiger partial charge >= 0.3 is 12.4 Å². The topological polar surface area (TPSA) is 42.1 Å². The van der Waals surface area contributed by atoms with Gasteiger partial charge in [0.1, 0.15) is 11.5 Å². The van der Waals surface area contributed by atoms with Gasteiger partial charge in [-0.3, -0.25) is 5.01 Å². The van der Waals surface area contributed by atoms with Gasteiger partial charge in [-0.05, 0) is 12.1 Å². The van der Waals surface area contributed by atoms with Gasteiger partial charge in [-0.1, -0.05) is 0 Å². The number of nitrogens with zero attached hydrogens (tertiary/aromatic N) is 2. The number of alkyl halides is 6. The lowest BCUT2D eigenvalue weighted by Crippen LogP contribution is -2.27. The lowest BCUT2D eigenvalue weighted by atomic mass is 10.2. The highest BCUT2D eigenvalue weighted by atomic mass is 19.4. The molecule has 0 saturated carbocycles. The van der Waals surface area contributed by atoms with Crippen LogP contribution in [-0.4, -0.2) is 12.0 Å². The second kappa shape index (κ2) is 4.06. The summed E-state index contributed by atoms with van der Waals surface area (Å²) in [7, 11) is 1.09. The summed E-state index contributed by atoms with van der Waals surface area (Å²) in [5, 5.41) is 0.574. The van der Waals surface area contributed by atoms with Crippen LogP contribution in [0.1, 0.15) is 11.3 Å². The number of pyridine rings is 1. The molecule has 0 radical (unpaired) electrons. The highest BCUT2D eigenvalue weighted by Gasteiger charge is 2.38. The van der Waals surface area contributed by atoms with E-state index in [1.54, 1.807) is 0 Å². The van der Waals surface area contributed by atoms with Crippen molar-refractivity contribution < 1.29 is 26.3 Å². The Bertz CT molecular complexity index is 376. The number of halogens is 6. The summed E-state index contributed by atoms with van der Waals surface area (Å²) in [5.41, 5.74) is -3.09. The van der Waals surface area contributed by atoms with Gasteiger partial charge < -0.3 is 0 Å². The second-order valence-electron chi connectivity index (χ2n) is 3.21. The number of rotatable bonds is 1. The lowest BCUT2D eigenvalue weighted by molar-refractivity contribution is -0.145. The highest BCUT2D eigenvalue weighted by molar-refractivity contribution is 5.42. The lowest BCUT2D eigenvalue weighted by Gasteiger charge is -2.16. The molecule has 96 valence electrons. The van der Waals surface area contributed by atoms with Gasteiger partial charge in [-0.15, -0.1) is 0 Å². The van der Waals surface area contributed by atoms with Crippen LogP contribution in [0.2, 0.25) is 0 Å². The van der Waals surface area contributed by atoms with Crippen LogP contribution >= 0.6 is 0 Å². The maximum absolute atomic E-state index is 12.3. The molecule has 9 heteroatoms. The fourth-order valence-electron chi connectivity index (χ4n) is 1.01. The molecule has 0 saturated heterocycles. The first kappa shape index (κ1) is 13.6. The van der Waals surface area contributed by atoms with E-state index in [0.717, 1.165) is 7.05 Å². The average Bonchev–Trinajstić information content (AvgIpc) is 2.14. The van der Waals surface area contributed by atoms with Crippen LogP contribution in [0, 0.1) is 0 Å². The highest BCUT2D eigenvalue weighted by Crippen LogP contribution is 2.35. The predicted molar refractivity (Wildman–Crippen MR) is 46.8 cm³/mol. The number of hydrazine groups is 1. The van der Waals surface area contributed by atoms with Crippen molar-refractivity contribution in [1.29, 1.82) is 0 Å². The van der Waals surface area contributed by atoms with Gasteiger partial charge in [0, 0.05) is 7.05 Å². The van der Waals surface area contributed by atoms with Gasteiger partial charge in [0.05, 0.1) is 5.56 Å². The molecule has 0 aromatic carbocycles. The van der Waals surface area contributed by atoms with Crippen LogP contribution in [0.3, 0.4) is 0 Å². The molecule has 0 fully saturated rings. The van der Waals surface area contributed by atoms with Gasteiger partial charge in [0.15, 0.2) is 0 Å². The zero-order valence-electron chi connectivity index (χ0n) is 8.39. The third-order valence-electron chi connectivity index (χ3n) is 1.79. The summed E-state index contributed by atoms with van der Waals surface area (Å²) in [6.07, 6.45) is -9.86. The Morgan fingerprint density at radius 2 is 1.59 bits per heavy atom. The monoisotopic (exact) mass is 259 g/mol. The average molecular weight is 259 g/mol.